The molecule has 0 saturated carbocycles. The minimum absolute atomic E-state index is 0. The zero-order valence-corrected chi connectivity index (χ0v) is 9.18. The summed E-state index contributed by atoms with van der Waals surface area (Å²) in [6, 6.07) is 7.21. The van der Waals surface area contributed by atoms with Crippen LogP contribution in [-0.4, -0.2) is 4.98 Å². The van der Waals surface area contributed by atoms with Crippen molar-refractivity contribution >= 4 is 28.3 Å². The molecule has 1 rings (SSSR count). The summed E-state index contributed by atoms with van der Waals surface area (Å²) in [6.45, 7) is 0. The number of nitrogens with two attached hydrogens (primary N) is 1. The standard InChI is InChI=1S/C8H8BrN3.ClH/c9-8-3-1-2-7(12-8)6(11)4-5-10;/h1-3,6H,4,11H2;1H/t6-;/m1./s1. The fourth-order valence-electron chi connectivity index (χ4n) is 0.833. The van der Waals surface area contributed by atoms with Crippen LogP contribution in [-0.2, 0) is 0 Å². The van der Waals surface area contributed by atoms with Crippen LogP contribution in [0.5, 0.6) is 0 Å². The molecule has 1 aromatic heterocycles. The van der Waals surface area contributed by atoms with Crippen molar-refractivity contribution in [1.82, 2.24) is 4.98 Å². The van der Waals surface area contributed by atoms with Crippen LogP contribution < -0.4 is 5.73 Å². The van der Waals surface area contributed by atoms with Gasteiger partial charge in [0.1, 0.15) is 4.60 Å². The predicted octanol–water partition coefficient (Wildman–Crippen LogP) is 2.18. The summed E-state index contributed by atoms with van der Waals surface area (Å²) in [7, 11) is 0. The van der Waals surface area contributed by atoms with Gasteiger partial charge < -0.3 is 5.73 Å². The van der Waals surface area contributed by atoms with E-state index in [0.29, 0.717) is 6.42 Å². The molecule has 5 heteroatoms. The fourth-order valence-corrected chi connectivity index (χ4v) is 1.19. The van der Waals surface area contributed by atoms with Gasteiger partial charge in [-0.3, -0.25) is 0 Å². The van der Waals surface area contributed by atoms with Gasteiger partial charge in [0.2, 0.25) is 0 Å². The minimum atomic E-state index is -0.285. The van der Waals surface area contributed by atoms with Gasteiger partial charge in [0.15, 0.2) is 0 Å². The second-order valence-electron chi connectivity index (χ2n) is 2.35. The van der Waals surface area contributed by atoms with Gasteiger partial charge in [-0.2, -0.15) is 5.26 Å². The summed E-state index contributed by atoms with van der Waals surface area (Å²) < 4.78 is 0.744. The minimum Gasteiger partial charge on any atom is -0.322 e. The monoisotopic (exact) mass is 261 g/mol. The molecule has 0 fully saturated rings. The van der Waals surface area contributed by atoms with Crippen LogP contribution in [0.4, 0.5) is 0 Å². The van der Waals surface area contributed by atoms with Gasteiger partial charge in [0.25, 0.3) is 0 Å². The molecule has 0 spiro atoms. The lowest BCUT2D eigenvalue weighted by molar-refractivity contribution is 0.718. The zero-order chi connectivity index (χ0) is 8.97. The largest absolute Gasteiger partial charge is 0.322 e. The smallest absolute Gasteiger partial charge is 0.106 e. The van der Waals surface area contributed by atoms with E-state index < -0.39 is 0 Å². The van der Waals surface area contributed by atoms with E-state index in [1.807, 2.05) is 24.3 Å². The van der Waals surface area contributed by atoms with E-state index in [2.05, 4.69) is 20.9 Å². The van der Waals surface area contributed by atoms with E-state index in [1.54, 1.807) is 0 Å². The topological polar surface area (TPSA) is 62.7 Å². The Morgan fingerprint density at radius 1 is 1.62 bits per heavy atom. The van der Waals surface area contributed by atoms with Crippen LogP contribution in [0.2, 0.25) is 0 Å². The summed E-state index contributed by atoms with van der Waals surface area (Å²) in [4.78, 5) is 4.13. The third-order valence-corrected chi connectivity index (χ3v) is 1.87. The molecule has 2 N–H and O–H groups in total. The SMILES string of the molecule is Cl.N#CC[C@@H](N)c1cccc(Br)n1. The fraction of sp³-hybridized carbons (Fsp3) is 0.250. The quantitative estimate of drug-likeness (QED) is 0.831. The molecule has 1 atom stereocenters. The second kappa shape index (κ2) is 5.92. The van der Waals surface area contributed by atoms with Crippen molar-refractivity contribution in [2.75, 3.05) is 0 Å². The highest BCUT2D eigenvalue weighted by Gasteiger charge is 2.05. The summed E-state index contributed by atoms with van der Waals surface area (Å²) in [6.07, 6.45) is 0.295. The molecule has 3 nitrogen and oxygen atoms in total. The molecule has 0 radical (unpaired) electrons. The van der Waals surface area contributed by atoms with Gasteiger partial charge >= 0.3 is 0 Å². The molecular weight excluding hydrogens is 253 g/mol. The third kappa shape index (κ3) is 3.73. The lowest BCUT2D eigenvalue weighted by atomic mass is 10.1. The van der Waals surface area contributed by atoms with E-state index in [1.165, 1.54) is 0 Å². The molecule has 0 saturated heterocycles. The maximum Gasteiger partial charge on any atom is 0.106 e. The number of aromatic nitrogens is 1. The van der Waals surface area contributed by atoms with E-state index in [9.17, 15) is 0 Å². The Bertz CT molecular complexity index is 311. The average molecular weight is 263 g/mol. The Balaban J connectivity index is 0.00000144. The Morgan fingerprint density at radius 2 is 2.31 bits per heavy atom. The van der Waals surface area contributed by atoms with Crippen LogP contribution in [0.1, 0.15) is 18.2 Å². The summed E-state index contributed by atoms with van der Waals surface area (Å²) in [5.41, 5.74) is 6.41. The first-order valence-electron chi connectivity index (χ1n) is 3.49. The van der Waals surface area contributed by atoms with Gasteiger partial charge in [-0.15, -0.1) is 12.4 Å². The second-order valence-corrected chi connectivity index (χ2v) is 3.17. The van der Waals surface area contributed by atoms with E-state index in [0.717, 1.165) is 10.3 Å². The van der Waals surface area contributed by atoms with Gasteiger partial charge in [0.05, 0.1) is 24.2 Å². The lowest BCUT2D eigenvalue weighted by Crippen LogP contribution is -2.10. The van der Waals surface area contributed by atoms with Crippen molar-refractivity contribution < 1.29 is 0 Å². The number of pyridine rings is 1. The van der Waals surface area contributed by atoms with Crippen LogP contribution in [0.15, 0.2) is 22.8 Å². The maximum absolute atomic E-state index is 8.40. The molecule has 0 bridgehead atoms. The number of nitrogens with zero attached hydrogens (tertiary/aromatic N) is 2. The van der Waals surface area contributed by atoms with E-state index in [-0.39, 0.29) is 18.4 Å². The van der Waals surface area contributed by atoms with E-state index in [4.69, 9.17) is 11.0 Å². The normalized spacial score (nSPS) is 11.2. The number of hydrogen-bond acceptors (Lipinski definition) is 3. The first-order chi connectivity index (χ1) is 5.74. The van der Waals surface area contributed by atoms with Crippen LogP contribution in [0.3, 0.4) is 0 Å². The van der Waals surface area contributed by atoms with Crippen molar-refractivity contribution in [2.45, 2.75) is 12.5 Å². The summed E-state index contributed by atoms with van der Waals surface area (Å²) in [5, 5.41) is 8.40. The Labute approximate surface area is 91.5 Å². The highest BCUT2D eigenvalue weighted by Crippen LogP contribution is 2.13. The number of nitriles is 1. The molecule has 0 aromatic carbocycles. The number of rotatable bonds is 2. The van der Waals surface area contributed by atoms with Crippen molar-refractivity contribution in [1.29, 1.82) is 5.26 Å². The molecular formula is C8H9BrClN3. The molecule has 13 heavy (non-hydrogen) atoms. The van der Waals surface area contributed by atoms with Gasteiger partial charge in [-0.25, -0.2) is 4.98 Å². The van der Waals surface area contributed by atoms with Crippen molar-refractivity contribution in [3.8, 4) is 6.07 Å². The zero-order valence-electron chi connectivity index (χ0n) is 6.77. The lowest BCUT2D eigenvalue weighted by Gasteiger charge is -2.05. The Kier molecular flexibility index (Phi) is 5.63. The highest BCUT2D eigenvalue weighted by atomic mass is 79.9. The predicted molar refractivity (Wildman–Crippen MR) is 56.3 cm³/mol. The Hall–Kier alpha value is -0.630. The maximum atomic E-state index is 8.40. The van der Waals surface area contributed by atoms with Crippen LogP contribution in [0.25, 0.3) is 0 Å². The third-order valence-electron chi connectivity index (χ3n) is 1.43. The Morgan fingerprint density at radius 3 is 2.85 bits per heavy atom. The molecule has 0 aliphatic carbocycles. The van der Waals surface area contributed by atoms with Crippen LogP contribution >= 0.6 is 28.3 Å². The molecule has 70 valence electrons. The molecule has 0 unspecified atom stereocenters. The molecule has 1 aromatic rings. The highest BCUT2D eigenvalue weighted by molar-refractivity contribution is 9.10. The summed E-state index contributed by atoms with van der Waals surface area (Å²) in [5.74, 6) is 0. The molecule has 1 heterocycles. The average Bonchev–Trinajstić information content (AvgIpc) is 2.05. The summed E-state index contributed by atoms with van der Waals surface area (Å²) >= 11 is 3.23. The van der Waals surface area contributed by atoms with E-state index >= 15 is 0 Å². The molecule has 0 amide bonds. The molecule has 0 aliphatic heterocycles. The van der Waals surface area contributed by atoms with Crippen molar-refractivity contribution in [3.63, 3.8) is 0 Å². The first kappa shape index (κ1) is 12.4. The first-order valence-corrected chi connectivity index (χ1v) is 4.28. The number of halogens is 2. The van der Waals surface area contributed by atoms with Crippen LogP contribution in [0, 0.1) is 11.3 Å². The van der Waals surface area contributed by atoms with Gasteiger partial charge in [0, 0.05) is 0 Å². The number of hydrogen-bond donors (Lipinski definition) is 1. The van der Waals surface area contributed by atoms with Crippen molar-refractivity contribution in [2.24, 2.45) is 5.73 Å². The van der Waals surface area contributed by atoms with Gasteiger partial charge in [-0.05, 0) is 28.1 Å². The van der Waals surface area contributed by atoms with Crippen molar-refractivity contribution in [3.05, 3.63) is 28.5 Å². The van der Waals surface area contributed by atoms with Gasteiger partial charge in [-0.1, -0.05) is 6.07 Å². The molecule has 0 aliphatic rings.